The van der Waals surface area contributed by atoms with E-state index in [1.165, 1.54) is 0 Å². The molecule has 2 amide bonds. The van der Waals surface area contributed by atoms with Gasteiger partial charge >= 0.3 is 12.2 Å². The van der Waals surface area contributed by atoms with Crippen molar-refractivity contribution in [2.75, 3.05) is 4.90 Å². The summed E-state index contributed by atoms with van der Waals surface area (Å²) in [6.07, 6.45) is 3.41. The third-order valence-electron chi connectivity index (χ3n) is 6.65. The highest BCUT2D eigenvalue weighted by molar-refractivity contribution is 5.90. The molecule has 2 aliphatic carbocycles. The largest absolute Gasteiger partial charge is 0.465 e. The lowest BCUT2D eigenvalue weighted by molar-refractivity contribution is 0.0895. The molecule has 6 nitrogen and oxygen atoms in total. The Balaban J connectivity index is 1.48. The van der Waals surface area contributed by atoms with Crippen LogP contribution in [0, 0.1) is 5.92 Å². The standard InChI is InChI=1S/C24H26N2O4/c27-23(28)25(17-13-14-17)22-18-9-4-5-11-20(18)26(21-12-6-10-19(21)22)24(29)30-15-16-7-2-1-3-8-16/h1-5,7-9,11,17,19,21-22H,6,10,12-15H2,(H,27,28). The van der Waals surface area contributed by atoms with Crippen molar-refractivity contribution in [3.63, 3.8) is 0 Å². The molecule has 2 fully saturated rings. The Labute approximate surface area is 176 Å². The van der Waals surface area contributed by atoms with E-state index in [4.69, 9.17) is 4.74 Å². The van der Waals surface area contributed by atoms with Crippen molar-refractivity contribution in [1.29, 1.82) is 0 Å². The average Bonchev–Trinajstić information content (AvgIpc) is 3.48. The summed E-state index contributed by atoms with van der Waals surface area (Å²) in [6, 6.07) is 17.3. The first-order valence-corrected chi connectivity index (χ1v) is 10.7. The van der Waals surface area contributed by atoms with E-state index in [0.29, 0.717) is 0 Å². The van der Waals surface area contributed by atoms with Gasteiger partial charge in [0.15, 0.2) is 0 Å². The second-order valence-electron chi connectivity index (χ2n) is 8.50. The quantitative estimate of drug-likeness (QED) is 0.758. The van der Waals surface area contributed by atoms with E-state index in [2.05, 4.69) is 0 Å². The zero-order valence-corrected chi connectivity index (χ0v) is 16.8. The molecular formula is C24H26N2O4. The van der Waals surface area contributed by atoms with Crippen LogP contribution >= 0.6 is 0 Å². The molecule has 6 heteroatoms. The van der Waals surface area contributed by atoms with Gasteiger partial charge in [0.2, 0.25) is 0 Å². The van der Waals surface area contributed by atoms with Crippen LogP contribution in [0.4, 0.5) is 15.3 Å². The summed E-state index contributed by atoms with van der Waals surface area (Å²) >= 11 is 0. The average molecular weight is 406 g/mol. The molecule has 2 saturated carbocycles. The third kappa shape index (κ3) is 3.30. The molecule has 2 aromatic rings. The highest BCUT2D eigenvalue weighted by atomic mass is 16.6. The van der Waals surface area contributed by atoms with Gasteiger partial charge in [0.05, 0.1) is 11.7 Å². The molecule has 30 heavy (non-hydrogen) atoms. The molecule has 1 N–H and O–H groups in total. The van der Waals surface area contributed by atoms with Gasteiger partial charge in [-0.15, -0.1) is 0 Å². The lowest BCUT2D eigenvalue weighted by Crippen LogP contribution is -2.52. The summed E-state index contributed by atoms with van der Waals surface area (Å²) < 4.78 is 5.69. The fourth-order valence-corrected chi connectivity index (χ4v) is 5.26. The van der Waals surface area contributed by atoms with E-state index in [0.717, 1.165) is 48.9 Å². The number of hydrogen-bond donors (Lipinski definition) is 1. The number of carbonyl (C=O) groups excluding carboxylic acids is 1. The molecule has 3 unspecified atom stereocenters. The van der Waals surface area contributed by atoms with E-state index < -0.39 is 6.09 Å². The Morgan fingerprint density at radius 3 is 2.47 bits per heavy atom. The van der Waals surface area contributed by atoms with Crippen molar-refractivity contribution in [1.82, 2.24) is 4.90 Å². The number of ether oxygens (including phenoxy) is 1. The van der Waals surface area contributed by atoms with Crippen LogP contribution in [-0.2, 0) is 11.3 Å². The molecule has 2 aromatic carbocycles. The molecule has 156 valence electrons. The molecule has 0 saturated heterocycles. The van der Waals surface area contributed by atoms with Gasteiger partial charge in [-0.25, -0.2) is 9.59 Å². The van der Waals surface area contributed by atoms with Gasteiger partial charge in [-0.3, -0.25) is 9.80 Å². The third-order valence-corrected chi connectivity index (χ3v) is 6.65. The molecule has 1 aliphatic heterocycles. The van der Waals surface area contributed by atoms with Crippen LogP contribution in [0.15, 0.2) is 54.6 Å². The second-order valence-corrected chi connectivity index (χ2v) is 8.50. The van der Waals surface area contributed by atoms with Gasteiger partial charge in [0, 0.05) is 18.0 Å². The van der Waals surface area contributed by atoms with Crippen LogP contribution in [0.25, 0.3) is 0 Å². The second kappa shape index (κ2) is 7.67. The van der Waals surface area contributed by atoms with Gasteiger partial charge in [0.1, 0.15) is 6.61 Å². The summed E-state index contributed by atoms with van der Waals surface area (Å²) in [5, 5.41) is 9.99. The highest BCUT2D eigenvalue weighted by Crippen LogP contribution is 2.52. The minimum Gasteiger partial charge on any atom is -0.465 e. The van der Waals surface area contributed by atoms with Crippen molar-refractivity contribution >= 4 is 17.9 Å². The van der Waals surface area contributed by atoms with Crippen molar-refractivity contribution in [3.05, 3.63) is 65.7 Å². The summed E-state index contributed by atoms with van der Waals surface area (Å²) in [7, 11) is 0. The molecule has 0 aromatic heterocycles. The number of fused-ring (bicyclic) bond motifs is 2. The number of benzene rings is 2. The van der Waals surface area contributed by atoms with Crippen LogP contribution in [-0.4, -0.2) is 34.3 Å². The number of hydrogen-bond acceptors (Lipinski definition) is 3. The normalized spacial score (nSPS) is 24.7. The van der Waals surface area contributed by atoms with Gasteiger partial charge in [0.25, 0.3) is 0 Å². The van der Waals surface area contributed by atoms with E-state index in [9.17, 15) is 14.7 Å². The number of carbonyl (C=O) groups is 2. The summed E-state index contributed by atoms with van der Waals surface area (Å²) in [4.78, 5) is 28.8. The number of carboxylic acid groups (broad SMARTS) is 1. The first-order valence-electron chi connectivity index (χ1n) is 10.7. The Morgan fingerprint density at radius 1 is 1.00 bits per heavy atom. The first kappa shape index (κ1) is 19.0. The Kier molecular flexibility index (Phi) is 4.85. The Bertz CT molecular complexity index is 943. The minimum atomic E-state index is -0.858. The smallest absolute Gasteiger partial charge is 0.414 e. The molecule has 3 atom stereocenters. The van der Waals surface area contributed by atoms with Gasteiger partial charge in [-0.2, -0.15) is 0 Å². The number of para-hydroxylation sites is 1. The van der Waals surface area contributed by atoms with Gasteiger partial charge in [-0.05, 0) is 42.9 Å². The van der Waals surface area contributed by atoms with Crippen molar-refractivity contribution in [3.8, 4) is 0 Å². The van der Waals surface area contributed by atoms with E-state index in [1.54, 1.807) is 9.80 Å². The van der Waals surface area contributed by atoms with E-state index in [-0.39, 0.29) is 36.7 Å². The maximum Gasteiger partial charge on any atom is 0.414 e. The fraction of sp³-hybridized carbons (Fsp3) is 0.417. The molecule has 0 spiro atoms. The van der Waals surface area contributed by atoms with E-state index in [1.807, 2.05) is 54.6 Å². The topological polar surface area (TPSA) is 70.1 Å². The van der Waals surface area contributed by atoms with Gasteiger partial charge in [-0.1, -0.05) is 55.0 Å². The first-order chi connectivity index (χ1) is 14.6. The predicted octanol–water partition coefficient (Wildman–Crippen LogP) is 5.20. The highest BCUT2D eigenvalue weighted by Gasteiger charge is 2.51. The molecular weight excluding hydrogens is 380 g/mol. The molecule has 3 aliphatic rings. The predicted molar refractivity (Wildman–Crippen MR) is 112 cm³/mol. The Hall–Kier alpha value is -3.02. The number of nitrogens with zero attached hydrogens (tertiary/aromatic N) is 2. The van der Waals surface area contributed by atoms with Crippen LogP contribution in [0.3, 0.4) is 0 Å². The summed E-state index contributed by atoms with van der Waals surface area (Å²) in [5.74, 6) is 0.0980. The summed E-state index contributed by atoms with van der Waals surface area (Å²) in [6.45, 7) is 0.225. The zero-order chi connectivity index (χ0) is 20.7. The molecule has 0 radical (unpaired) electrons. The van der Waals surface area contributed by atoms with Crippen molar-refractivity contribution < 1.29 is 19.4 Å². The zero-order valence-electron chi connectivity index (χ0n) is 16.8. The molecule has 0 bridgehead atoms. The van der Waals surface area contributed by atoms with Crippen LogP contribution in [0.1, 0.15) is 49.3 Å². The Morgan fingerprint density at radius 2 is 1.73 bits per heavy atom. The number of anilines is 1. The van der Waals surface area contributed by atoms with Crippen molar-refractivity contribution in [2.24, 2.45) is 5.92 Å². The van der Waals surface area contributed by atoms with Crippen LogP contribution < -0.4 is 4.90 Å². The number of amides is 2. The summed E-state index contributed by atoms with van der Waals surface area (Å²) in [5.41, 5.74) is 2.66. The monoisotopic (exact) mass is 406 g/mol. The van der Waals surface area contributed by atoms with Crippen LogP contribution in [0.5, 0.6) is 0 Å². The van der Waals surface area contributed by atoms with Gasteiger partial charge < -0.3 is 9.84 Å². The lowest BCUT2D eigenvalue weighted by Gasteiger charge is -2.46. The van der Waals surface area contributed by atoms with Crippen molar-refractivity contribution in [2.45, 2.75) is 56.8 Å². The molecule has 1 heterocycles. The maximum absolute atomic E-state index is 13.2. The van der Waals surface area contributed by atoms with E-state index >= 15 is 0 Å². The number of rotatable bonds is 4. The fourth-order valence-electron chi connectivity index (χ4n) is 5.26. The SMILES string of the molecule is O=C(OCc1ccccc1)N1c2ccccc2C(N(C(=O)O)C2CC2)C2CCCC21. The lowest BCUT2D eigenvalue weighted by atomic mass is 9.82. The van der Waals surface area contributed by atoms with Crippen LogP contribution in [0.2, 0.25) is 0 Å². The molecule has 5 rings (SSSR count). The maximum atomic E-state index is 13.2. The minimum absolute atomic E-state index is 0.0335.